The van der Waals surface area contributed by atoms with Crippen LogP contribution in [0.4, 0.5) is 4.79 Å². The predicted octanol–water partition coefficient (Wildman–Crippen LogP) is 4.66. The van der Waals surface area contributed by atoms with Crippen molar-refractivity contribution in [2.24, 2.45) is 17.8 Å². The van der Waals surface area contributed by atoms with Gasteiger partial charge in [0, 0.05) is 29.8 Å². The Morgan fingerprint density at radius 2 is 1.88 bits per heavy atom. The van der Waals surface area contributed by atoms with E-state index >= 15 is 0 Å². The van der Waals surface area contributed by atoms with Crippen molar-refractivity contribution in [1.29, 1.82) is 0 Å². The Labute approximate surface area is 331 Å². The maximum atomic E-state index is 14.8. The molecular formula is C39H50ClN7O8S. The van der Waals surface area contributed by atoms with Gasteiger partial charge in [-0.25, -0.2) is 18.2 Å². The number of nitrogens with one attached hydrogen (secondary N) is 3. The highest BCUT2D eigenvalue weighted by molar-refractivity contribution is 7.91. The standard InChI is InChI=1S/C39H50ClN7O8S/c1-22-9-7-8-10-24-20-39(24,34(50)45-56(52,53)38(6)13-14-38)44-31(48)29-19-26(21-47(29)33(49)30(23(2)17-22)42-36(51)55-37(3,4)5)54-32-27-18-25(40)11-12-28(27)46-16-15-41-35(46)43-32/h8,10-12,15-16,18,22-24,26,29-30H,7,9,13-14,17,19-21H2,1-6H3,(H,42,51)(H,44,48)(H,45,50)/b10-8-/t22-,23-,24-,26-,29+,30+,39-/m1/s1. The molecule has 15 nitrogen and oxygen atoms in total. The molecule has 302 valence electrons. The highest BCUT2D eigenvalue weighted by Gasteiger charge is 2.63. The number of imidazole rings is 1. The molecule has 1 aromatic carbocycles. The lowest BCUT2D eigenvalue weighted by Crippen LogP contribution is -2.59. The number of amides is 4. The number of rotatable bonds is 6. The first-order chi connectivity index (χ1) is 26.3. The summed E-state index contributed by atoms with van der Waals surface area (Å²) in [5.74, 6) is -2.09. The molecule has 0 spiro atoms. The van der Waals surface area contributed by atoms with Gasteiger partial charge < -0.3 is 25.0 Å². The number of fused-ring (bicyclic) bond motifs is 5. The summed E-state index contributed by atoms with van der Waals surface area (Å²) in [6.45, 7) is 10.7. The smallest absolute Gasteiger partial charge is 0.408 e. The molecule has 4 aliphatic rings. The zero-order chi connectivity index (χ0) is 40.4. The summed E-state index contributed by atoms with van der Waals surface area (Å²) in [5, 5.41) is 6.74. The van der Waals surface area contributed by atoms with Gasteiger partial charge in [-0.15, -0.1) is 0 Å². The minimum Gasteiger partial charge on any atom is -0.472 e. The minimum atomic E-state index is -4.01. The Morgan fingerprint density at radius 1 is 1.12 bits per heavy atom. The molecule has 2 aromatic heterocycles. The van der Waals surface area contributed by atoms with Crippen molar-refractivity contribution in [3.05, 3.63) is 47.8 Å². The van der Waals surface area contributed by atoms with Crippen LogP contribution in [0.5, 0.6) is 5.88 Å². The highest BCUT2D eigenvalue weighted by Crippen LogP contribution is 2.47. The number of benzene rings is 1. The summed E-state index contributed by atoms with van der Waals surface area (Å²) in [4.78, 5) is 66.9. The topological polar surface area (TPSA) is 190 Å². The third kappa shape index (κ3) is 7.91. The second-order valence-electron chi connectivity index (χ2n) is 17.3. The Balaban J connectivity index is 1.25. The van der Waals surface area contributed by atoms with E-state index in [0.717, 1.165) is 11.9 Å². The normalized spacial score (nSPS) is 29.9. The molecule has 4 amide bonds. The van der Waals surface area contributed by atoms with Gasteiger partial charge in [0.15, 0.2) is 0 Å². The Hall–Kier alpha value is -4.44. The second-order valence-corrected chi connectivity index (χ2v) is 19.9. The summed E-state index contributed by atoms with van der Waals surface area (Å²) in [6.07, 6.45) is 8.69. The third-order valence-electron chi connectivity index (χ3n) is 11.5. The predicted molar refractivity (Wildman–Crippen MR) is 208 cm³/mol. The number of carbonyl (C=O) groups is 4. The summed E-state index contributed by atoms with van der Waals surface area (Å²) in [6, 6.07) is 3.04. The first kappa shape index (κ1) is 39.8. The van der Waals surface area contributed by atoms with E-state index in [0.29, 0.717) is 41.9 Å². The zero-order valence-corrected chi connectivity index (χ0v) is 34.1. The minimum absolute atomic E-state index is 0.000547. The monoisotopic (exact) mass is 811 g/mol. The van der Waals surface area contributed by atoms with Gasteiger partial charge in [0.1, 0.15) is 29.3 Å². The highest BCUT2D eigenvalue weighted by atomic mass is 35.5. The van der Waals surface area contributed by atoms with Crippen LogP contribution >= 0.6 is 11.6 Å². The largest absolute Gasteiger partial charge is 0.472 e. The van der Waals surface area contributed by atoms with E-state index in [2.05, 4.69) is 32.2 Å². The molecule has 0 bridgehead atoms. The SMILES string of the molecule is C[C@@H]1CC/C=C\[C@@H]2C[C@@]2(C(=O)NS(=O)(=O)C2(C)CC2)NC(=O)[C@@H]2C[C@@H](Oc3nc4nccn4c4ccc(Cl)cc34)CN2C(=O)[C@@H](NC(=O)OC(C)(C)C)[C@H](C)C1. The van der Waals surface area contributed by atoms with Gasteiger partial charge >= 0.3 is 6.09 Å². The number of sulfonamides is 1. The van der Waals surface area contributed by atoms with E-state index in [-0.39, 0.29) is 37.1 Å². The van der Waals surface area contributed by atoms with Crippen molar-refractivity contribution in [3.8, 4) is 5.88 Å². The Morgan fingerprint density at radius 3 is 2.59 bits per heavy atom. The number of ether oxygens (including phenoxy) is 2. The van der Waals surface area contributed by atoms with E-state index in [4.69, 9.17) is 21.1 Å². The number of allylic oxidation sites excluding steroid dienone is 1. The van der Waals surface area contributed by atoms with E-state index in [1.54, 1.807) is 56.6 Å². The number of aromatic nitrogens is 3. The number of carbonyl (C=O) groups excluding carboxylic acids is 4. The van der Waals surface area contributed by atoms with E-state index in [1.165, 1.54) is 4.90 Å². The van der Waals surface area contributed by atoms with Crippen molar-refractivity contribution in [3.63, 3.8) is 0 Å². The van der Waals surface area contributed by atoms with Crippen LogP contribution in [0.15, 0.2) is 42.7 Å². The molecule has 0 unspecified atom stereocenters. The van der Waals surface area contributed by atoms with Crippen LogP contribution in [-0.2, 0) is 29.1 Å². The molecule has 2 aliphatic carbocycles. The number of nitrogens with zero attached hydrogens (tertiary/aromatic N) is 4. The molecule has 3 N–H and O–H groups in total. The lowest BCUT2D eigenvalue weighted by atomic mass is 9.88. The lowest BCUT2D eigenvalue weighted by molar-refractivity contribution is -0.142. The fourth-order valence-electron chi connectivity index (χ4n) is 7.89. The van der Waals surface area contributed by atoms with E-state index < -0.39 is 73.8 Å². The average molecular weight is 812 g/mol. The molecular weight excluding hydrogens is 762 g/mol. The van der Waals surface area contributed by atoms with Gasteiger partial charge in [-0.3, -0.25) is 23.5 Å². The van der Waals surface area contributed by atoms with Crippen LogP contribution in [0.1, 0.15) is 86.5 Å². The van der Waals surface area contributed by atoms with Crippen LogP contribution in [0.25, 0.3) is 16.7 Å². The van der Waals surface area contributed by atoms with Crippen molar-refractivity contribution in [1.82, 2.24) is 34.6 Å². The number of alkyl carbamates (subject to hydrolysis) is 1. The summed E-state index contributed by atoms with van der Waals surface area (Å²) in [7, 11) is -4.01. The molecule has 2 saturated carbocycles. The number of hydrogen-bond donors (Lipinski definition) is 3. The first-order valence-corrected chi connectivity index (χ1v) is 21.1. The van der Waals surface area contributed by atoms with E-state index in [1.807, 2.05) is 25.1 Å². The Kier molecular flexibility index (Phi) is 10.3. The summed E-state index contributed by atoms with van der Waals surface area (Å²) < 4.78 is 41.5. The van der Waals surface area contributed by atoms with Crippen LogP contribution in [0, 0.1) is 17.8 Å². The van der Waals surface area contributed by atoms with Crippen LogP contribution < -0.4 is 20.1 Å². The summed E-state index contributed by atoms with van der Waals surface area (Å²) >= 11 is 6.41. The molecule has 7 rings (SSSR count). The fraction of sp³-hybridized carbons (Fsp3) is 0.590. The van der Waals surface area contributed by atoms with Gasteiger partial charge in [-0.05, 0) is 96.3 Å². The van der Waals surface area contributed by atoms with Gasteiger partial charge in [0.2, 0.25) is 33.5 Å². The molecule has 0 radical (unpaired) electrons. The van der Waals surface area contributed by atoms with Crippen molar-refractivity contribution < 1.29 is 37.1 Å². The molecule has 17 heteroatoms. The second kappa shape index (κ2) is 14.5. The fourth-order valence-corrected chi connectivity index (χ4v) is 9.37. The van der Waals surface area contributed by atoms with Gasteiger partial charge in [0.05, 0.1) is 22.2 Å². The van der Waals surface area contributed by atoms with Crippen LogP contribution in [0.2, 0.25) is 5.02 Å². The van der Waals surface area contributed by atoms with Gasteiger partial charge in [0.25, 0.3) is 5.91 Å². The van der Waals surface area contributed by atoms with Crippen LogP contribution in [-0.4, -0.2) is 92.1 Å². The molecule has 2 aliphatic heterocycles. The van der Waals surface area contributed by atoms with Crippen molar-refractivity contribution in [2.45, 2.75) is 121 Å². The number of hydrogen-bond acceptors (Lipinski definition) is 10. The molecule has 56 heavy (non-hydrogen) atoms. The van der Waals surface area contributed by atoms with Crippen molar-refractivity contribution >= 4 is 62.1 Å². The molecule has 4 heterocycles. The molecule has 7 atom stereocenters. The number of halogens is 1. The maximum absolute atomic E-state index is 14.8. The Bertz CT molecular complexity index is 2220. The zero-order valence-electron chi connectivity index (χ0n) is 32.5. The quantitative estimate of drug-likeness (QED) is 0.295. The molecule has 3 aromatic rings. The van der Waals surface area contributed by atoms with E-state index in [9.17, 15) is 27.6 Å². The maximum Gasteiger partial charge on any atom is 0.408 e. The van der Waals surface area contributed by atoms with Gasteiger partial charge in [-0.1, -0.05) is 37.6 Å². The van der Waals surface area contributed by atoms with Crippen LogP contribution in [0.3, 0.4) is 0 Å². The average Bonchev–Trinajstić information content (AvgIpc) is 3.89. The molecule has 1 saturated heterocycles. The summed E-state index contributed by atoms with van der Waals surface area (Å²) in [5.41, 5.74) is -1.65. The van der Waals surface area contributed by atoms with Crippen molar-refractivity contribution in [2.75, 3.05) is 6.54 Å². The first-order valence-electron chi connectivity index (χ1n) is 19.2. The molecule has 3 fully saturated rings. The lowest BCUT2D eigenvalue weighted by Gasteiger charge is -2.33. The van der Waals surface area contributed by atoms with Gasteiger partial charge in [-0.2, -0.15) is 4.98 Å². The third-order valence-corrected chi connectivity index (χ3v) is 13.9.